The minimum absolute atomic E-state index is 0.0226. The van der Waals surface area contributed by atoms with Crippen LogP contribution in [0.25, 0.3) is 0 Å². The van der Waals surface area contributed by atoms with Crippen LogP contribution < -0.4 is 0 Å². The van der Waals surface area contributed by atoms with Crippen molar-refractivity contribution in [3.8, 4) is 0 Å². The number of furan rings is 1. The number of carbonyl (C=O) groups excluding carboxylic acids is 1. The zero-order valence-corrected chi connectivity index (χ0v) is 12.7. The maximum Gasteiger partial charge on any atom is 0.289 e. The fourth-order valence-electron chi connectivity index (χ4n) is 2.62. The monoisotopic (exact) mass is 278 g/mol. The van der Waals surface area contributed by atoms with Gasteiger partial charge in [-0.05, 0) is 31.0 Å². The molecule has 1 saturated heterocycles. The average Bonchev–Trinajstić information content (AvgIpc) is 2.97. The lowest BCUT2D eigenvalue weighted by Crippen LogP contribution is -2.48. The second-order valence-corrected chi connectivity index (χ2v) is 6.00. The van der Waals surface area contributed by atoms with E-state index in [0.29, 0.717) is 5.76 Å². The predicted octanol–water partition coefficient (Wildman–Crippen LogP) is 2.86. The van der Waals surface area contributed by atoms with Crippen LogP contribution in [0, 0.1) is 5.92 Å². The fourth-order valence-corrected chi connectivity index (χ4v) is 2.62. The molecule has 1 aromatic rings. The van der Waals surface area contributed by atoms with Gasteiger partial charge in [0.1, 0.15) is 0 Å². The van der Waals surface area contributed by atoms with Gasteiger partial charge in [-0.25, -0.2) is 0 Å². The summed E-state index contributed by atoms with van der Waals surface area (Å²) >= 11 is 0. The van der Waals surface area contributed by atoms with E-state index in [1.165, 1.54) is 19.3 Å². The molecule has 0 unspecified atom stereocenters. The van der Waals surface area contributed by atoms with Crippen LogP contribution in [0.15, 0.2) is 22.8 Å². The van der Waals surface area contributed by atoms with Crippen LogP contribution in [-0.2, 0) is 0 Å². The molecular weight excluding hydrogens is 252 g/mol. The van der Waals surface area contributed by atoms with Crippen LogP contribution in [0.5, 0.6) is 0 Å². The Morgan fingerprint density at radius 1 is 1.25 bits per heavy atom. The van der Waals surface area contributed by atoms with Gasteiger partial charge in [-0.3, -0.25) is 9.69 Å². The highest BCUT2D eigenvalue weighted by molar-refractivity contribution is 5.91. The first-order valence-corrected chi connectivity index (χ1v) is 7.72. The Labute approximate surface area is 121 Å². The molecule has 1 fully saturated rings. The van der Waals surface area contributed by atoms with Crippen LogP contribution in [0.4, 0.5) is 0 Å². The van der Waals surface area contributed by atoms with Gasteiger partial charge >= 0.3 is 0 Å². The average molecular weight is 278 g/mol. The standard InChI is InChI=1S/C16H26N2O2/c1-14(2)6-3-4-8-17-9-11-18(12-10-17)16(19)15-7-5-13-20-15/h5,7,13-14H,3-4,6,8-12H2,1-2H3. The maximum absolute atomic E-state index is 12.1. The smallest absolute Gasteiger partial charge is 0.289 e. The van der Waals surface area contributed by atoms with Crippen molar-refractivity contribution in [1.29, 1.82) is 0 Å². The van der Waals surface area contributed by atoms with E-state index >= 15 is 0 Å². The Morgan fingerprint density at radius 3 is 2.60 bits per heavy atom. The highest BCUT2D eigenvalue weighted by Gasteiger charge is 2.23. The fraction of sp³-hybridized carbons (Fsp3) is 0.688. The molecule has 112 valence electrons. The van der Waals surface area contributed by atoms with Gasteiger partial charge in [0, 0.05) is 26.2 Å². The largest absolute Gasteiger partial charge is 0.459 e. The summed E-state index contributed by atoms with van der Waals surface area (Å²) in [6, 6.07) is 3.50. The van der Waals surface area contributed by atoms with Gasteiger partial charge in [0.15, 0.2) is 5.76 Å². The molecule has 2 heterocycles. The van der Waals surface area contributed by atoms with Crippen molar-refractivity contribution in [2.45, 2.75) is 33.1 Å². The number of carbonyl (C=O) groups is 1. The van der Waals surface area contributed by atoms with Gasteiger partial charge in [0.25, 0.3) is 5.91 Å². The second-order valence-electron chi connectivity index (χ2n) is 6.00. The summed E-state index contributed by atoms with van der Waals surface area (Å²) in [5, 5.41) is 0. The summed E-state index contributed by atoms with van der Waals surface area (Å²) in [5.74, 6) is 1.28. The quantitative estimate of drug-likeness (QED) is 0.751. The van der Waals surface area contributed by atoms with E-state index in [4.69, 9.17) is 4.42 Å². The van der Waals surface area contributed by atoms with E-state index in [0.717, 1.165) is 38.6 Å². The van der Waals surface area contributed by atoms with E-state index in [1.807, 2.05) is 4.90 Å². The summed E-state index contributed by atoms with van der Waals surface area (Å²) in [6.45, 7) is 9.29. The third-order valence-corrected chi connectivity index (χ3v) is 3.90. The molecular formula is C16H26N2O2. The van der Waals surface area contributed by atoms with Crippen molar-refractivity contribution in [3.63, 3.8) is 0 Å². The van der Waals surface area contributed by atoms with Crippen LogP contribution in [0.2, 0.25) is 0 Å². The highest BCUT2D eigenvalue weighted by Crippen LogP contribution is 2.11. The number of hydrogen-bond acceptors (Lipinski definition) is 3. The Kier molecular flexibility index (Phi) is 5.65. The first-order chi connectivity index (χ1) is 9.66. The van der Waals surface area contributed by atoms with E-state index in [-0.39, 0.29) is 5.91 Å². The number of amides is 1. The SMILES string of the molecule is CC(C)CCCCN1CCN(C(=O)c2ccco2)CC1. The van der Waals surface area contributed by atoms with E-state index < -0.39 is 0 Å². The summed E-state index contributed by atoms with van der Waals surface area (Å²) in [5.41, 5.74) is 0. The predicted molar refractivity (Wildman–Crippen MR) is 79.7 cm³/mol. The van der Waals surface area contributed by atoms with Crippen molar-refractivity contribution in [3.05, 3.63) is 24.2 Å². The molecule has 4 nitrogen and oxygen atoms in total. The third kappa shape index (κ3) is 4.37. The molecule has 0 saturated carbocycles. The minimum atomic E-state index is 0.0226. The van der Waals surface area contributed by atoms with Crippen molar-refractivity contribution >= 4 is 5.91 Å². The van der Waals surface area contributed by atoms with Gasteiger partial charge in [0.2, 0.25) is 0 Å². The molecule has 0 aliphatic carbocycles. The minimum Gasteiger partial charge on any atom is -0.459 e. The summed E-state index contributed by atoms with van der Waals surface area (Å²) in [7, 11) is 0. The molecule has 0 spiro atoms. The molecule has 1 aliphatic rings. The van der Waals surface area contributed by atoms with E-state index in [2.05, 4.69) is 18.7 Å². The first kappa shape index (κ1) is 15.1. The van der Waals surface area contributed by atoms with Crippen molar-refractivity contribution in [1.82, 2.24) is 9.80 Å². The van der Waals surface area contributed by atoms with Crippen LogP contribution >= 0.6 is 0 Å². The molecule has 2 rings (SSSR count). The maximum atomic E-state index is 12.1. The molecule has 0 atom stereocenters. The third-order valence-electron chi connectivity index (χ3n) is 3.90. The summed E-state index contributed by atoms with van der Waals surface area (Å²) < 4.78 is 5.17. The molecule has 1 aromatic heterocycles. The Morgan fingerprint density at radius 2 is 2.00 bits per heavy atom. The molecule has 20 heavy (non-hydrogen) atoms. The zero-order chi connectivity index (χ0) is 14.4. The van der Waals surface area contributed by atoms with Crippen LogP contribution in [-0.4, -0.2) is 48.4 Å². The lowest BCUT2D eigenvalue weighted by molar-refractivity contribution is 0.0604. The second kappa shape index (κ2) is 7.48. The number of unbranched alkanes of at least 4 members (excludes halogenated alkanes) is 1. The van der Waals surface area contributed by atoms with Crippen LogP contribution in [0.1, 0.15) is 43.7 Å². The van der Waals surface area contributed by atoms with Gasteiger partial charge in [-0.2, -0.15) is 0 Å². The Hall–Kier alpha value is -1.29. The van der Waals surface area contributed by atoms with Crippen molar-refractivity contribution in [2.24, 2.45) is 5.92 Å². The van der Waals surface area contributed by atoms with Crippen molar-refractivity contribution in [2.75, 3.05) is 32.7 Å². The molecule has 0 N–H and O–H groups in total. The molecule has 0 bridgehead atoms. The van der Waals surface area contributed by atoms with Gasteiger partial charge in [0.05, 0.1) is 6.26 Å². The van der Waals surface area contributed by atoms with Gasteiger partial charge < -0.3 is 9.32 Å². The highest BCUT2D eigenvalue weighted by atomic mass is 16.3. The molecule has 0 radical (unpaired) electrons. The van der Waals surface area contributed by atoms with E-state index in [9.17, 15) is 4.79 Å². The number of piperazine rings is 1. The topological polar surface area (TPSA) is 36.7 Å². The normalized spacial score (nSPS) is 16.9. The van der Waals surface area contributed by atoms with Gasteiger partial charge in [-0.1, -0.05) is 26.7 Å². The lowest BCUT2D eigenvalue weighted by Gasteiger charge is -2.34. The first-order valence-electron chi connectivity index (χ1n) is 7.72. The molecule has 0 aromatic carbocycles. The molecule has 1 amide bonds. The molecule has 1 aliphatic heterocycles. The Bertz CT molecular complexity index is 393. The van der Waals surface area contributed by atoms with Crippen LogP contribution in [0.3, 0.4) is 0 Å². The van der Waals surface area contributed by atoms with Gasteiger partial charge in [-0.15, -0.1) is 0 Å². The zero-order valence-electron chi connectivity index (χ0n) is 12.7. The summed E-state index contributed by atoms with van der Waals surface area (Å²) in [4.78, 5) is 16.5. The number of rotatable bonds is 6. The lowest BCUT2D eigenvalue weighted by atomic mass is 10.1. The number of nitrogens with zero attached hydrogens (tertiary/aromatic N) is 2. The summed E-state index contributed by atoms with van der Waals surface area (Å²) in [6.07, 6.45) is 5.45. The Balaban J connectivity index is 1.66. The van der Waals surface area contributed by atoms with Crippen molar-refractivity contribution < 1.29 is 9.21 Å². The van der Waals surface area contributed by atoms with E-state index in [1.54, 1.807) is 18.4 Å². The molecule has 4 heteroatoms. The number of hydrogen-bond donors (Lipinski definition) is 0.